The van der Waals surface area contributed by atoms with E-state index < -0.39 is 24.3 Å². The number of rotatable bonds is 9. The van der Waals surface area contributed by atoms with Crippen molar-refractivity contribution in [3.63, 3.8) is 0 Å². The summed E-state index contributed by atoms with van der Waals surface area (Å²) in [6.07, 6.45) is 0. The molecule has 0 aliphatic carbocycles. The van der Waals surface area contributed by atoms with Gasteiger partial charge in [0.05, 0.1) is 25.3 Å². The highest BCUT2D eigenvalue weighted by Crippen LogP contribution is 2.29. The van der Waals surface area contributed by atoms with Crippen molar-refractivity contribution in [1.82, 2.24) is 4.98 Å². The maximum absolute atomic E-state index is 12.3. The average molecular weight is 402 g/mol. The largest absolute Gasteiger partial charge is 0.493 e. The second-order valence-electron chi connectivity index (χ2n) is 6.50. The first-order valence-corrected chi connectivity index (χ1v) is 9.56. The Morgan fingerprint density at radius 2 is 2.04 bits per heavy atom. The van der Waals surface area contributed by atoms with Crippen LogP contribution in [0.4, 0.5) is 0 Å². The molecule has 0 aliphatic rings. The molecule has 0 N–H and O–H groups in total. The third-order valence-electron chi connectivity index (χ3n) is 3.65. The van der Waals surface area contributed by atoms with Crippen LogP contribution in [0.2, 0.25) is 0 Å². The minimum Gasteiger partial charge on any atom is -0.493 e. The van der Waals surface area contributed by atoms with Crippen molar-refractivity contribution in [2.24, 2.45) is 5.92 Å². The molecule has 2 rings (SSSR count). The fraction of sp³-hybridized carbons (Fsp3) is 0.400. The van der Waals surface area contributed by atoms with E-state index in [4.69, 9.17) is 14.2 Å². The molecular weight excluding hydrogens is 380 g/mol. The molecule has 7 nitrogen and oxygen atoms in total. The number of ether oxygens (including phenoxy) is 3. The van der Waals surface area contributed by atoms with Gasteiger partial charge in [0.25, 0.3) is 0 Å². The molecule has 1 aromatic heterocycles. The highest BCUT2D eigenvalue weighted by atomic mass is 32.1. The van der Waals surface area contributed by atoms with Gasteiger partial charge in [-0.1, -0.05) is 13.8 Å². The number of carbonyl (C=O) groups excluding carboxylic acids is 2. The fourth-order valence-corrected chi connectivity index (χ4v) is 3.10. The summed E-state index contributed by atoms with van der Waals surface area (Å²) in [5, 5.41) is 11.4. The number of benzene rings is 1. The maximum atomic E-state index is 12.3. The summed E-state index contributed by atoms with van der Waals surface area (Å²) in [6, 6.07) is 6.57. The van der Waals surface area contributed by atoms with Crippen LogP contribution < -0.4 is 9.47 Å². The third-order valence-corrected chi connectivity index (χ3v) is 4.68. The van der Waals surface area contributed by atoms with Crippen molar-refractivity contribution in [2.75, 3.05) is 20.3 Å². The second-order valence-corrected chi connectivity index (χ2v) is 7.39. The van der Waals surface area contributed by atoms with E-state index in [0.717, 1.165) is 5.69 Å². The third kappa shape index (κ3) is 5.54. The summed E-state index contributed by atoms with van der Waals surface area (Å²) in [5.41, 5.74) is 0.956. The quantitative estimate of drug-likeness (QED) is 0.592. The normalized spacial score (nSPS) is 11.6. The van der Waals surface area contributed by atoms with Crippen LogP contribution in [0.5, 0.6) is 11.5 Å². The Morgan fingerprint density at radius 1 is 1.29 bits per heavy atom. The maximum Gasteiger partial charge on any atom is 0.338 e. The molecule has 148 valence electrons. The van der Waals surface area contributed by atoms with Gasteiger partial charge in [0.15, 0.2) is 29.8 Å². The minimum absolute atomic E-state index is 0.222. The molecule has 0 amide bonds. The van der Waals surface area contributed by atoms with Gasteiger partial charge in [0.2, 0.25) is 0 Å². The summed E-state index contributed by atoms with van der Waals surface area (Å²) in [6.45, 7) is 5.83. The molecule has 0 bridgehead atoms. The lowest BCUT2D eigenvalue weighted by Crippen LogP contribution is -2.20. The molecule has 1 heterocycles. The summed E-state index contributed by atoms with van der Waals surface area (Å²) < 4.78 is 16.0. The molecule has 1 atom stereocenters. The summed E-state index contributed by atoms with van der Waals surface area (Å²) >= 11 is 1.23. The molecule has 0 radical (unpaired) electrons. The van der Waals surface area contributed by atoms with E-state index in [-0.39, 0.29) is 5.56 Å². The van der Waals surface area contributed by atoms with Gasteiger partial charge in [0, 0.05) is 11.1 Å². The van der Waals surface area contributed by atoms with Gasteiger partial charge in [-0.05, 0) is 31.0 Å². The van der Waals surface area contributed by atoms with Crippen LogP contribution in [-0.4, -0.2) is 37.1 Å². The lowest BCUT2D eigenvalue weighted by Gasteiger charge is -2.13. The number of esters is 1. The van der Waals surface area contributed by atoms with Gasteiger partial charge in [0.1, 0.15) is 5.01 Å². The van der Waals surface area contributed by atoms with Gasteiger partial charge in [-0.25, -0.2) is 9.78 Å². The summed E-state index contributed by atoms with van der Waals surface area (Å²) in [4.78, 5) is 28.7. The highest BCUT2D eigenvalue weighted by Gasteiger charge is 2.25. The van der Waals surface area contributed by atoms with E-state index in [0.29, 0.717) is 29.0 Å². The zero-order valence-electron chi connectivity index (χ0n) is 16.2. The predicted octanol–water partition coefficient (Wildman–Crippen LogP) is 3.53. The molecular formula is C20H22N2O5S. The first-order valence-electron chi connectivity index (χ1n) is 8.68. The Balaban J connectivity index is 2.02. The number of carbonyl (C=O) groups is 2. The van der Waals surface area contributed by atoms with E-state index >= 15 is 0 Å². The zero-order valence-corrected chi connectivity index (χ0v) is 17.0. The van der Waals surface area contributed by atoms with Gasteiger partial charge in [-0.2, -0.15) is 5.26 Å². The fourth-order valence-electron chi connectivity index (χ4n) is 2.24. The smallest absolute Gasteiger partial charge is 0.338 e. The Kier molecular flexibility index (Phi) is 7.52. The molecule has 0 spiro atoms. The van der Waals surface area contributed by atoms with Crippen LogP contribution in [0.25, 0.3) is 0 Å². The minimum atomic E-state index is -1.05. The average Bonchev–Trinajstić information content (AvgIpc) is 3.10. The van der Waals surface area contributed by atoms with Crippen LogP contribution in [0, 0.1) is 24.2 Å². The van der Waals surface area contributed by atoms with Crippen molar-refractivity contribution < 1.29 is 23.8 Å². The van der Waals surface area contributed by atoms with Crippen LogP contribution in [0.1, 0.15) is 40.8 Å². The molecule has 0 saturated carbocycles. The van der Waals surface area contributed by atoms with Crippen molar-refractivity contribution in [3.05, 3.63) is 39.8 Å². The summed E-state index contributed by atoms with van der Waals surface area (Å²) in [7, 11) is 1.48. The monoisotopic (exact) mass is 402 g/mol. The van der Waals surface area contributed by atoms with Gasteiger partial charge in [-0.15, -0.1) is 11.3 Å². The Labute approximate surface area is 167 Å². The highest BCUT2D eigenvalue weighted by molar-refractivity contribution is 7.09. The number of Topliss-reactive ketones (excluding diaryl/α,β-unsaturated/α-hetero) is 1. The molecule has 28 heavy (non-hydrogen) atoms. The standard InChI is InChI=1S/C20H22N2O5S/c1-12(2)9-26-17-6-5-14(7-18(17)25-4)20(24)27-10-16(23)15(8-21)19-22-13(3)11-28-19/h5-7,11-12,15H,9-10H2,1-4H3/t15-/m1/s1. The summed E-state index contributed by atoms with van der Waals surface area (Å²) in [5.74, 6) is -0.992. The lowest BCUT2D eigenvalue weighted by molar-refractivity contribution is -0.122. The van der Waals surface area contributed by atoms with Crippen LogP contribution in [-0.2, 0) is 9.53 Å². The molecule has 2 aromatic rings. The topological polar surface area (TPSA) is 98.5 Å². The molecule has 8 heteroatoms. The predicted molar refractivity (Wildman–Crippen MR) is 104 cm³/mol. The number of hydrogen-bond donors (Lipinski definition) is 0. The number of thiazole rings is 1. The van der Waals surface area contributed by atoms with E-state index in [2.05, 4.69) is 4.98 Å². The number of methoxy groups -OCH3 is 1. The van der Waals surface area contributed by atoms with Crippen LogP contribution in [0.15, 0.2) is 23.6 Å². The number of aryl methyl sites for hydroxylation is 1. The Hall–Kier alpha value is -2.92. The van der Waals surface area contributed by atoms with E-state index in [9.17, 15) is 14.9 Å². The van der Waals surface area contributed by atoms with Crippen molar-refractivity contribution in [3.8, 4) is 17.6 Å². The molecule has 1 aromatic carbocycles. The van der Waals surface area contributed by atoms with E-state index in [1.165, 1.54) is 30.6 Å². The Bertz CT molecular complexity index is 885. The van der Waals surface area contributed by atoms with Crippen LogP contribution >= 0.6 is 11.3 Å². The van der Waals surface area contributed by atoms with E-state index in [1.807, 2.05) is 19.9 Å². The van der Waals surface area contributed by atoms with Gasteiger partial charge in [-0.3, -0.25) is 4.79 Å². The number of nitrogens with zero attached hydrogens (tertiary/aromatic N) is 2. The van der Waals surface area contributed by atoms with Crippen LogP contribution in [0.3, 0.4) is 0 Å². The molecule has 0 fully saturated rings. The first kappa shape index (κ1) is 21.4. The number of hydrogen-bond acceptors (Lipinski definition) is 8. The number of ketones is 1. The van der Waals surface area contributed by atoms with Crippen molar-refractivity contribution in [2.45, 2.75) is 26.7 Å². The van der Waals surface area contributed by atoms with Crippen molar-refractivity contribution in [1.29, 1.82) is 5.26 Å². The van der Waals surface area contributed by atoms with Crippen molar-refractivity contribution >= 4 is 23.1 Å². The molecule has 0 unspecified atom stereocenters. The van der Waals surface area contributed by atoms with Gasteiger partial charge < -0.3 is 14.2 Å². The molecule has 0 aliphatic heterocycles. The SMILES string of the molecule is COc1cc(C(=O)OCC(=O)[C@@H](C#N)c2nc(C)cs2)ccc1OCC(C)C. The van der Waals surface area contributed by atoms with Gasteiger partial charge >= 0.3 is 5.97 Å². The first-order chi connectivity index (χ1) is 13.3. The lowest BCUT2D eigenvalue weighted by atomic mass is 10.1. The molecule has 0 saturated heterocycles. The van der Waals surface area contributed by atoms with E-state index in [1.54, 1.807) is 18.4 Å². The number of nitriles is 1. The number of aromatic nitrogens is 1. The zero-order chi connectivity index (χ0) is 20.7. The Morgan fingerprint density at radius 3 is 2.61 bits per heavy atom. The second kappa shape index (κ2) is 9.85.